The van der Waals surface area contributed by atoms with Crippen molar-refractivity contribution in [2.75, 3.05) is 36.0 Å². The van der Waals surface area contributed by atoms with Crippen LogP contribution in [0.5, 0.6) is 0 Å². The van der Waals surface area contributed by atoms with E-state index in [1.807, 2.05) is 42.1 Å². The maximum Gasteiger partial charge on any atom is 0.247 e. The molecule has 2 heterocycles. The molecular weight excluding hydrogens is 394 g/mol. The predicted molar refractivity (Wildman–Crippen MR) is 123 cm³/mol. The molecule has 0 saturated carbocycles. The van der Waals surface area contributed by atoms with Crippen LogP contribution in [0.2, 0.25) is 0 Å². The summed E-state index contributed by atoms with van der Waals surface area (Å²) in [6.07, 6.45) is 2.37. The number of thioether (sulfide) groups is 1. The zero-order valence-corrected chi connectivity index (χ0v) is 18.1. The minimum Gasteiger partial charge on any atom is -0.370 e. The van der Waals surface area contributed by atoms with Gasteiger partial charge in [-0.2, -0.15) is 11.8 Å². The molecule has 0 radical (unpaired) electrons. The lowest BCUT2D eigenvalue weighted by atomic mass is 10.0. The Balaban J connectivity index is 1.43. The summed E-state index contributed by atoms with van der Waals surface area (Å²) in [6, 6.07) is 17.5. The summed E-state index contributed by atoms with van der Waals surface area (Å²) in [6.45, 7) is 3.27. The van der Waals surface area contributed by atoms with E-state index in [0.717, 1.165) is 37.1 Å². The van der Waals surface area contributed by atoms with Gasteiger partial charge < -0.3 is 15.1 Å². The normalized spacial score (nSPS) is 18.2. The van der Waals surface area contributed by atoms with E-state index in [0.29, 0.717) is 19.5 Å². The molecule has 2 fully saturated rings. The lowest BCUT2D eigenvalue weighted by Gasteiger charge is -2.34. The first-order valence-electron chi connectivity index (χ1n) is 10.8. The Hall–Kier alpha value is -2.47. The van der Waals surface area contributed by atoms with Gasteiger partial charge in [-0.05, 0) is 36.1 Å². The first-order chi connectivity index (χ1) is 14.7. The van der Waals surface area contributed by atoms with Crippen molar-refractivity contribution in [1.82, 2.24) is 10.2 Å². The van der Waals surface area contributed by atoms with Crippen LogP contribution in [0.15, 0.2) is 54.6 Å². The fraction of sp³-hybridized carbons (Fsp3) is 0.417. The second kappa shape index (κ2) is 10.0. The summed E-state index contributed by atoms with van der Waals surface area (Å²) in [5.41, 5.74) is 3.17. The molecule has 0 aromatic heterocycles. The van der Waals surface area contributed by atoms with Crippen LogP contribution in [-0.2, 0) is 16.1 Å². The largest absolute Gasteiger partial charge is 0.370 e. The molecule has 1 atom stereocenters. The molecule has 1 unspecified atom stereocenters. The van der Waals surface area contributed by atoms with Gasteiger partial charge in [0.05, 0.1) is 0 Å². The number of nitrogens with zero attached hydrogens (tertiary/aromatic N) is 2. The molecule has 0 spiro atoms. The first-order valence-corrected chi connectivity index (χ1v) is 11.9. The summed E-state index contributed by atoms with van der Waals surface area (Å²) >= 11 is 2.00. The number of rotatable bonds is 6. The van der Waals surface area contributed by atoms with Gasteiger partial charge in [0.15, 0.2) is 0 Å². The minimum absolute atomic E-state index is 0.0642. The van der Waals surface area contributed by atoms with Crippen molar-refractivity contribution in [3.05, 3.63) is 65.7 Å². The zero-order chi connectivity index (χ0) is 20.8. The summed E-state index contributed by atoms with van der Waals surface area (Å²) in [5.74, 6) is 2.30. The van der Waals surface area contributed by atoms with Gasteiger partial charge in [0.1, 0.15) is 6.04 Å². The van der Waals surface area contributed by atoms with Crippen LogP contribution in [0.3, 0.4) is 0 Å². The predicted octanol–water partition coefficient (Wildman–Crippen LogP) is 3.61. The molecule has 0 aliphatic carbocycles. The van der Waals surface area contributed by atoms with Crippen molar-refractivity contribution in [1.29, 1.82) is 0 Å². The molecule has 2 aliphatic heterocycles. The van der Waals surface area contributed by atoms with Gasteiger partial charge >= 0.3 is 0 Å². The van der Waals surface area contributed by atoms with Gasteiger partial charge in [0, 0.05) is 49.8 Å². The quantitative estimate of drug-likeness (QED) is 0.771. The fourth-order valence-electron chi connectivity index (χ4n) is 4.14. The first kappa shape index (κ1) is 20.8. The second-order valence-electron chi connectivity index (χ2n) is 7.84. The average molecular weight is 424 g/mol. The van der Waals surface area contributed by atoms with E-state index in [-0.39, 0.29) is 11.8 Å². The number of benzene rings is 2. The average Bonchev–Trinajstić information content (AvgIpc) is 2.81. The van der Waals surface area contributed by atoms with Crippen LogP contribution >= 0.6 is 11.8 Å². The van der Waals surface area contributed by atoms with Crippen LogP contribution in [0.4, 0.5) is 5.69 Å². The lowest BCUT2D eigenvalue weighted by Crippen LogP contribution is -2.45. The Morgan fingerprint density at radius 1 is 0.967 bits per heavy atom. The Kier molecular flexibility index (Phi) is 6.95. The van der Waals surface area contributed by atoms with Crippen LogP contribution in [-0.4, -0.2) is 47.9 Å². The number of carbonyl (C=O) groups is 2. The molecule has 6 heteroatoms. The Morgan fingerprint density at radius 3 is 2.40 bits per heavy atom. The van der Waals surface area contributed by atoms with Crippen LogP contribution in [0.25, 0.3) is 0 Å². The topological polar surface area (TPSA) is 52.7 Å². The summed E-state index contributed by atoms with van der Waals surface area (Å²) in [7, 11) is 0. The van der Waals surface area contributed by atoms with E-state index in [1.54, 1.807) is 4.90 Å². The SMILES string of the molecule is O=C(NCc1ccc(N2CCSCC2)cc1)C(c1ccccc1)N1CCCCC1=O. The van der Waals surface area contributed by atoms with Crippen LogP contribution in [0, 0.1) is 0 Å². The van der Waals surface area contributed by atoms with Crippen molar-refractivity contribution in [3.63, 3.8) is 0 Å². The summed E-state index contributed by atoms with van der Waals surface area (Å²) < 4.78 is 0. The third kappa shape index (κ3) is 4.98. The maximum absolute atomic E-state index is 13.2. The molecule has 0 bridgehead atoms. The highest BCUT2D eigenvalue weighted by Crippen LogP contribution is 2.26. The molecule has 4 rings (SSSR count). The third-order valence-corrected chi connectivity index (χ3v) is 6.76. The van der Waals surface area contributed by atoms with E-state index in [1.165, 1.54) is 17.2 Å². The molecule has 2 aromatic rings. The molecular formula is C24H29N3O2S. The van der Waals surface area contributed by atoms with Crippen LogP contribution in [0.1, 0.15) is 36.4 Å². The molecule has 1 N–H and O–H groups in total. The third-order valence-electron chi connectivity index (χ3n) is 5.81. The van der Waals surface area contributed by atoms with Crippen molar-refractivity contribution in [2.45, 2.75) is 31.8 Å². The molecule has 2 aromatic carbocycles. The number of hydrogen-bond acceptors (Lipinski definition) is 4. The van der Waals surface area contributed by atoms with E-state index in [4.69, 9.17) is 0 Å². The van der Waals surface area contributed by atoms with Gasteiger partial charge in [-0.3, -0.25) is 9.59 Å². The Labute approximate surface area is 182 Å². The maximum atomic E-state index is 13.2. The van der Waals surface area contributed by atoms with E-state index in [9.17, 15) is 9.59 Å². The van der Waals surface area contributed by atoms with E-state index in [2.05, 4.69) is 34.5 Å². The van der Waals surface area contributed by atoms with E-state index >= 15 is 0 Å². The number of likely N-dealkylation sites (tertiary alicyclic amines) is 1. The number of piperidine rings is 1. The zero-order valence-electron chi connectivity index (χ0n) is 17.3. The standard InChI is InChI=1S/C24H29N3O2S/c28-22-8-4-5-13-27(22)23(20-6-2-1-3-7-20)24(29)25-18-19-9-11-21(12-10-19)26-14-16-30-17-15-26/h1-3,6-7,9-12,23H,4-5,8,13-18H2,(H,25,29). The van der Waals surface area contributed by atoms with Gasteiger partial charge in [-0.15, -0.1) is 0 Å². The monoisotopic (exact) mass is 423 g/mol. The smallest absolute Gasteiger partial charge is 0.247 e. The van der Waals surface area contributed by atoms with Gasteiger partial charge in [0.2, 0.25) is 11.8 Å². The number of nitrogens with one attached hydrogen (secondary N) is 1. The fourth-order valence-corrected chi connectivity index (χ4v) is 5.04. The van der Waals surface area contributed by atoms with Gasteiger partial charge in [0.25, 0.3) is 0 Å². The van der Waals surface area contributed by atoms with Crippen molar-refractivity contribution >= 4 is 29.3 Å². The molecule has 5 nitrogen and oxygen atoms in total. The van der Waals surface area contributed by atoms with E-state index < -0.39 is 6.04 Å². The second-order valence-corrected chi connectivity index (χ2v) is 9.07. The lowest BCUT2D eigenvalue weighted by molar-refractivity contribution is -0.142. The van der Waals surface area contributed by atoms with Gasteiger partial charge in [-0.25, -0.2) is 0 Å². The summed E-state index contributed by atoms with van der Waals surface area (Å²) in [5, 5.41) is 3.06. The molecule has 2 aliphatic rings. The molecule has 30 heavy (non-hydrogen) atoms. The highest BCUT2D eigenvalue weighted by Gasteiger charge is 2.32. The molecule has 158 valence electrons. The number of anilines is 1. The number of hydrogen-bond donors (Lipinski definition) is 1. The van der Waals surface area contributed by atoms with Gasteiger partial charge in [-0.1, -0.05) is 42.5 Å². The highest BCUT2D eigenvalue weighted by molar-refractivity contribution is 7.99. The minimum atomic E-state index is -0.566. The van der Waals surface area contributed by atoms with Crippen molar-refractivity contribution < 1.29 is 9.59 Å². The van der Waals surface area contributed by atoms with Crippen LogP contribution < -0.4 is 10.2 Å². The Morgan fingerprint density at radius 2 is 1.70 bits per heavy atom. The Bertz CT molecular complexity index is 851. The highest BCUT2D eigenvalue weighted by atomic mass is 32.2. The number of amides is 2. The summed E-state index contributed by atoms with van der Waals surface area (Å²) in [4.78, 5) is 29.8. The molecule has 2 amide bonds. The number of carbonyl (C=O) groups excluding carboxylic acids is 2. The van der Waals surface area contributed by atoms with Crippen molar-refractivity contribution in [3.8, 4) is 0 Å². The molecule has 2 saturated heterocycles. The van der Waals surface area contributed by atoms with Crippen molar-refractivity contribution in [2.24, 2.45) is 0 Å².